The predicted octanol–water partition coefficient (Wildman–Crippen LogP) is 2.04. The smallest absolute Gasteiger partial charge is 0.324 e. The molecule has 3 N–H and O–H groups in total. The fourth-order valence-electron chi connectivity index (χ4n) is 1.41. The Balaban J connectivity index is 2.30. The highest BCUT2D eigenvalue weighted by Gasteiger charge is 2.10. The molecule has 1 heterocycles. The maximum absolute atomic E-state index is 11.3. The van der Waals surface area contributed by atoms with Crippen LogP contribution in [0.1, 0.15) is 18.5 Å². The SMILES string of the molecule is CC(N)c1ccc(Sc2n[nH]c(=O)n2C)c(Br)c1. The predicted molar refractivity (Wildman–Crippen MR) is 74.7 cm³/mol. The molecule has 0 saturated carbocycles. The minimum absolute atomic E-state index is 0.00455. The van der Waals surface area contributed by atoms with E-state index in [0.29, 0.717) is 5.16 Å². The number of hydrogen-bond acceptors (Lipinski definition) is 4. The maximum atomic E-state index is 11.3. The van der Waals surface area contributed by atoms with E-state index in [4.69, 9.17) is 5.73 Å². The van der Waals surface area contributed by atoms with Crippen LogP contribution in [-0.2, 0) is 7.05 Å². The summed E-state index contributed by atoms with van der Waals surface area (Å²) in [6.07, 6.45) is 0. The Morgan fingerprint density at radius 1 is 1.56 bits per heavy atom. The second kappa shape index (κ2) is 5.29. The van der Waals surface area contributed by atoms with E-state index in [0.717, 1.165) is 14.9 Å². The summed E-state index contributed by atoms with van der Waals surface area (Å²) < 4.78 is 2.41. The van der Waals surface area contributed by atoms with E-state index in [2.05, 4.69) is 26.1 Å². The highest BCUT2D eigenvalue weighted by atomic mass is 79.9. The van der Waals surface area contributed by atoms with Gasteiger partial charge in [0.2, 0.25) is 0 Å². The fraction of sp³-hybridized carbons (Fsp3) is 0.273. The summed E-state index contributed by atoms with van der Waals surface area (Å²) in [5.41, 5.74) is 6.66. The van der Waals surface area contributed by atoms with Gasteiger partial charge in [-0.15, -0.1) is 5.10 Å². The number of hydrogen-bond donors (Lipinski definition) is 2. The molecule has 0 amide bonds. The third-order valence-electron chi connectivity index (χ3n) is 2.52. The first-order chi connectivity index (χ1) is 8.49. The summed E-state index contributed by atoms with van der Waals surface area (Å²) in [5, 5.41) is 6.98. The van der Waals surface area contributed by atoms with Crippen molar-refractivity contribution >= 4 is 27.7 Å². The molecule has 0 aliphatic heterocycles. The van der Waals surface area contributed by atoms with Gasteiger partial charge >= 0.3 is 5.69 Å². The Morgan fingerprint density at radius 3 is 2.78 bits per heavy atom. The lowest BCUT2D eigenvalue weighted by atomic mass is 10.1. The van der Waals surface area contributed by atoms with Gasteiger partial charge in [-0.25, -0.2) is 9.89 Å². The fourth-order valence-corrected chi connectivity index (χ4v) is 2.84. The Hall–Kier alpha value is -1.05. The van der Waals surface area contributed by atoms with Crippen LogP contribution in [0.2, 0.25) is 0 Å². The molecule has 1 aromatic heterocycles. The molecule has 0 radical (unpaired) electrons. The van der Waals surface area contributed by atoms with Crippen LogP contribution in [0.15, 0.2) is 37.5 Å². The van der Waals surface area contributed by atoms with Gasteiger partial charge in [-0.05, 0) is 52.3 Å². The van der Waals surface area contributed by atoms with Crippen molar-refractivity contribution in [1.29, 1.82) is 0 Å². The van der Waals surface area contributed by atoms with Crippen molar-refractivity contribution in [2.45, 2.75) is 23.0 Å². The van der Waals surface area contributed by atoms with Gasteiger partial charge in [0.1, 0.15) is 0 Å². The molecule has 0 spiro atoms. The number of aromatic nitrogens is 3. The summed E-state index contributed by atoms with van der Waals surface area (Å²) in [6.45, 7) is 1.94. The third-order valence-corrected chi connectivity index (χ3v) is 4.56. The molecule has 1 unspecified atom stereocenters. The van der Waals surface area contributed by atoms with E-state index in [1.54, 1.807) is 7.05 Å². The number of H-pyrrole nitrogens is 1. The molecular weight excluding hydrogens is 316 g/mol. The van der Waals surface area contributed by atoms with Gasteiger partial charge in [0, 0.05) is 22.5 Å². The molecule has 18 heavy (non-hydrogen) atoms. The molecule has 1 atom stereocenters. The number of nitrogens with one attached hydrogen (secondary N) is 1. The molecule has 2 aromatic rings. The van der Waals surface area contributed by atoms with Crippen LogP contribution in [0.5, 0.6) is 0 Å². The molecule has 2 rings (SSSR count). The van der Waals surface area contributed by atoms with Crippen molar-refractivity contribution in [2.75, 3.05) is 0 Å². The standard InChI is InChI=1S/C11H13BrN4OS/c1-6(13)7-3-4-9(8(12)5-7)18-11-15-14-10(17)16(11)2/h3-6H,13H2,1-2H3,(H,14,17). The number of aromatic amines is 1. The number of halogens is 1. The van der Waals surface area contributed by atoms with Crippen molar-refractivity contribution in [3.63, 3.8) is 0 Å². The van der Waals surface area contributed by atoms with Crippen LogP contribution in [0.4, 0.5) is 0 Å². The molecular formula is C11H13BrN4OS. The molecule has 0 bridgehead atoms. The average Bonchev–Trinajstić information content (AvgIpc) is 2.63. The first-order valence-electron chi connectivity index (χ1n) is 5.33. The Morgan fingerprint density at radius 2 is 2.28 bits per heavy atom. The lowest BCUT2D eigenvalue weighted by molar-refractivity contribution is 0.765. The minimum Gasteiger partial charge on any atom is -0.324 e. The minimum atomic E-state index is -0.221. The molecule has 1 aromatic carbocycles. The van der Waals surface area contributed by atoms with Crippen molar-refractivity contribution in [2.24, 2.45) is 12.8 Å². The van der Waals surface area contributed by atoms with Crippen LogP contribution in [0.3, 0.4) is 0 Å². The van der Waals surface area contributed by atoms with Gasteiger partial charge in [-0.1, -0.05) is 6.07 Å². The Bertz CT molecular complexity index is 620. The molecule has 0 saturated heterocycles. The molecule has 5 nitrogen and oxygen atoms in total. The monoisotopic (exact) mass is 328 g/mol. The number of nitrogens with zero attached hydrogens (tertiary/aromatic N) is 2. The van der Waals surface area contributed by atoms with Crippen molar-refractivity contribution in [3.8, 4) is 0 Å². The summed E-state index contributed by atoms with van der Waals surface area (Å²) in [5.74, 6) is 0. The average molecular weight is 329 g/mol. The van der Waals surface area contributed by atoms with Gasteiger partial charge in [0.15, 0.2) is 5.16 Å². The van der Waals surface area contributed by atoms with Gasteiger partial charge in [0.05, 0.1) is 0 Å². The number of nitrogens with two attached hydrogens (primary N) is 1. The van der Waals surface area contributed by atoms with Crippen LogP contribution < -0.4 is 11.4 Å². The summed E-state index contributed by atoms with van der Waals surface area (Å²) in [4.78, 5) is 12.2. The van der Waals surface area contributed by atoms with E-state index in [9.17, 15) is 4.79 Å². The zero-order chi connectivity index (χ0) is 13.3. The second-order valence-electron chi connectivity index (χ2n) is 3.95. The number of rotatable bonds is 3. The zero-order valence-corrected chi connectivity index (χ0v) is 12.4. The summed E-state index contributed by atoms with van der Waals surface area (Å²) in [7, 11) is 1.68. The summed E-state index contributed by atoms with van der Waals surface area (Å²) >= 11 is 4.92. The van der Waals surface area contributed by atoms with Gasteiger partial charge in [-0.3, -0.25) is 4.57 Å². The van der Waals surface area contributed by atoms with E-state index in [-0.39, 0.29) is 11.7 Å². The molecule has 0 fully saturated rings. The normalized spacial score (nSPS) is 12.7. The van der Waals surface area contributed by atoms with Gasteiger partial charge < -0.3 is 5.73 Å². The van der Waals surface area contributed by atoms with Crippen molar-refractivity contribution < 1.29 is 0 Å². The second-order valence-corrected chi connectivity index (χ2v) is 5.81. The zero-order valence-electron chi connectivity index (χ0n) is 9.98. The molecule has 0 aliphatic carbocycles. The van der Waals surface area contributed by atoms with Crippen LogP contribution in [0, 0.1) is 0 Å². The van der Waals surface area contributed by atoms with E-state index in [1.807, 2.05) is 25.1 Å². The lowest BCUT2D eigenvalue weighted by Gasteiger charge is -2.09. The van der Waals surface area contributed by atoms with Gasteiger partial charge in [-0.2, -0.15) is 0 Å². The third kappa shape index (κ3) is 2.68. The molecule has 96 valence electrons. The Labute approximate surface area is 117 Å². The quantitative estimate of drug-likeness (QED) is 0.903. The van der Waals surface area contributed by atoms with Crippen molar-refractivity contribution in [3.05, 3.63) is 38.7 Å². The Kier molecular flexibility index (Phi) is 3.94. The largest absolute Gasteiger partial charge is 0.343 e. The highest BCUT2D eigenvalue weighted by Crippen LogP contribution is 2.33. The van der Waals surface area contributed by atoms with E-state index in [1.165, 1.54) is 16.3 Å². The van der Waals surface area contributed by atoms with Crippen molar-refractivity contribution in [1.82, 2.24) is 14.8 Å². The van der Waals surface area contributed by atoms with Crippen LogP contribution >= 0.6 is 27.7 Å². The van der Waals surface area contributed by atoms with Gasteiger partial charge in [0.25, 0.3) is 0 Å². The van der Waals surface area contributed by atoms with E-state index >= 15 is 0 Å². The topological polar surface area (TPSA) is 76.7 Å². The first-order valence-corrected chi connectivity index (χ1v) is 6.94. The molecule has 0 aliphatic rings. The van der Waals surface area contributed by atoms with Crippen LogP contribution in [0.25, 0.3) is 0 Å². The number of benzene rings is 1. The van der Waals surface area contributed by atoms with E-state index < -0.39 is 0 Å². The molecule has 7 heteroatoms. The first kappa shape index (κ1) is 13.4. The lowest BCUT2D eigenvalue weighted by Crippen LogP contribution is -2.12. The summed E-state index contributed by atoms with van der Waals surface area (Å²) in [6, 6.07) is 5.92. The maximum Gasteiger partial charge on any atom is 0.343 e. The van der Waals surface area contributed by atoms with Crippen LogP contribution in [-0.4, -0.2) is 14.8 Å². The highest BCUT2D eigenvalue weighted by molar-refractivity contribution is 9.10.